The molecule has 1 aliphatic rings. The van der Waals surface area contributed by atoms with E-state index >= 15 is 0 Å². The molecule has 1 aromatic rings. The fourth-order valence-electron chi connectivity index (χ4n) is 2.62. The van der Waals surface area contributed by atoms with Crippen molar-refractivity contribution in [3.63, 3.8) is 0 Å². The number of rotatable bonds is 3. The van der Waals surface area contributed by atoms with E-state index in [0.717, 1.165) is 18.8 Å². The Morgan fingerprint density at radius 1 is 1.35 bits per heavy atom. The van der Waals surface area contributed by atoms with Crippen LogP contribution in [0.3, 0.4) is 0 Å². The van der Waals surface area contributed by atoms with Crippen LogP contribution < -0.4 is 10.1 Å². The van der Waals surface area contributed by atoms with E-state index in [4.69, 9.17) is 4.74 Å². The van der Waals surface area contributed by atoms with E-state index in [0.29, 0.717) is 5.92 Å². The van der Waals surface area contributed by atoms with Gasteiger partial charge in [0.1, 0.15) is 5.75 Å². The molecule has 1 saturated heterocycles. The van der Waals surface area contributed by atoms with Gasteiger partial charge in [-0.2, -0.15) is 0 Å². The zero-order valence-corrected chi connectivity index (χ0v) is 11.3. The van der Waals surface area contributed by atoms with Gasteiger partial charge in [-0.3, -0.25) is 0 Å². The highest BCUT2D eigenvalue weighted by Crippen LogP contribution is 2.35. The second kappa shape index (κ2) is 4.69. The molecule has 0 aliphatic carbocycles. The Kier molecular flexibility index (Phi) is 3.43. The first-order valence-corrected chi connectivity index (χ1v) is 6.46. The maximum atomic E-state index is 5.44. The first kappa shape index (κ1) is 12.4. The van der Waals surface area contributed by atoms with Crippen LogP contribution in [0, 0.1) is 0 Å². The minimum Gasteiger partial charge on any atom is -0.496 e. The van der Waals surface area contributed by atoms with E-state index in [-0.39, 0.29) is 5.41 Å². The summed E-state index contributed by atoms with van der Waals surface area (Å²) in [5.74, 6) is 1.51. The molecule has 2 rings (SSSR count). The monoisotopic (exact) mass is 233 g/mol. The lowest BCUT2D eigenvalue weighted by Gasteiger charge is -2.25. The number of benzene rings is 1. The van der Waals surface area contributed by atoms with Crippen molar-refractivity contribution in [2.45, 2.75) is 38.5 Å². The quantitative estimate of drug-likeness (QED) is 0.866. The molecule has 0 aromatic heterocycles. The Labute approximate surface area is 104 Å². The molecule has 1 aliphatic heterocycles. The van der Waals surface area contributed by atoms with E-state index in [1.54, 1.807) is 7.11 Å². The average molecular weight is 233 g/mol. The highest BCUT2D eigenvalue weighted by atomic mass is 16.5. The highest BCUT2D eigenvalue weighted by molar-refractivity contribution is 5.42. The Morgan fingerprint density at radius 2 is 2.12 bits per heavy atom. The Hall–Kier alpha value is -1.02. The molecule has 1 N–H and O–H groups in total. The predicted molar refractivity (Wildman–Crippen MR) is 71.9 cm³/mol. The van der Waals surface area contributed by atoms with Crippen LogP contribution in [0.15, 0.2) is 18.2 Å². The van der Waals surface area contributed by atoms with Gasteiger partial charge >= 0.3 is 0 Å². The zero-order chi connectivity index (χ0) is 12.5. The molecule has 1 atom stereocenters. The Bertz CT molecular complexity index is 392. The first-order chi connectivity index (χ1) is 8.07. The summed E-state index contributed by atoms with van der Waals surface area (Å²) >= 11 is 0. The first-order valence-electron chi connectivity index (χ1n) is 6.46. The predicted octanol–water partition coefficient (Wildman–Crippen LogP) is 3.07. The average Bonchev–Trinajstić information content (AvgIpc) is 2.76. The molecular weight excluding hydrogens is 210 g/mol. The Balaban J connectivity index is 2.40. The van der Waals surface area contributed by atoms with Crippen LogP contribution >= 0.6 is 0 Å². The molecule has 0 saturated carbocycles. The number of hydrogen-bond acceptors (Lipinski definition) is 2. The van der Waals surface area contributed by atoms with Crippen molar-refractivity contribution < 1.29 is 4.74 Å². The summed E-state index contributed by atoms with van der Waals surface area (Å²) in [6.07, 6.45) is 1.22. The van der Waals surface area contributed by atoms with Crippen molar-refractivity contribution in [3.05, 3.63) is 29.3 Å². The number of nitrogens with one attached hydrogen (secondary N) is 1. The fraction of sp³-hybridized carbons (Fsp3) is 0.600. The summed E-state index contributed by atoms with van der Waals surface area (Å²) in [7, 11) is 1.75. The fourth-order valence-corrected chi connectivity index (χ4v) is 2.62. The van der Waals surface area contributed by atoms with Crippen molar-refractivity contribution in [1.82, 2.24) is 5.32 Å². The lowest BCUT2D eigenvalue weighted by Crippen LogP contribution is -2.25. The SMILES string of the molecule is COc1ccc(C2(C)CCNC2)cc1C(C)C. The van der Waals surface area contributed by atoms with Gasteiger partial charge in [0.2, 0.25) is 0 Å². The minimum atomic E-state index is 0.288. The van der Waals surface area contributed by atoms with Gasteiger partial charge in [0, 0.05) is 12.0 Å². The summed E-state index contributed by atoms with van der Waals surface area (Å²) in [4.78, 5) is 0. The summed E-state index contributed by atoms with van der Waals surface area (Å²) in [6, 6.07) is 6.67. The number of ether oxygens (including phenoxy) is 1. The van der Waals surface area contributed by atoms with Gasteiger partial charge in [-0.15, -0.1) is 0 Å². The molecule has 1 fully saturated rings. The molecule has 0 spiro atoms. The molecule has 1 unspecified atom stereocenters. The molecule has 0 amide bonds. The second-order valence-electron chi connectivity index (χ2n) is 5.60. The van der Waals surface area contributed by atoms with Gasteiger partial charge in [-0.1, -0.05) is 32.9 Å². The number of methoxy groups -OCH3 is 1. The van der Waals surface area contributed by atoms with Gasteiger partial charge in [-0.25, -0.2) is 0 Å². The van der Waals surface area contributed by atoms with Crippen LogP contribution in [-0.4, -0.2) is 20.2 Å². The molecule has 0 bridgehead atoms. The van der Waals surface area contributed by atoms with Crippen LogP contribution in [-0.2, 0) is 5.41 Å². The summed E-state index contributed by atoms with van der Waals surface area (Å²) in [5.41, 5.74) is 3.04. The normalized spacial score (nSPS) is 24.3. The van der Waals surface area contributed by atoms with Crippen LogP contribution in [0.1, 0.15) is 44.2 Å². The van der Waals surface area contributed by atoms with Crippen LogP contribution in [0.25, 0.3) is 0 Å². The van der Waals surface area contributed by atoms with Gasteiger partial charge in [0.25, 0.3) is 0 Å². The van der Waals surface area contributed by atoms with Crippen molar-refractivity contribution >= 4 is 0 Å². The van der Waals surface area contributed by atoms with Crippen molar-refractivity contribution in [3.8, 4) is 5.75 Å². The number of hydrogen-bond donors (Lipinski definition) is 1. The van der Waals surface area contributed by atoms with Crippen molar-refractivity contribution in [1.29, 1.82) is 0 Å². The molecule has 1 aromatic carbocycles. The molecule has 0 radical (unpaired) electrons. The zero-order valence-electron chi connectivity index (χ0n) is 11.3. The Morgan fingerprint density at radius 3 is 2.65 bits per heavy atom. The molecule has 1 heterocycles. The van der Waals surface area contributed by atoms with Gasteiger partial charge in [0.05, 0.1) is 7.11 Å². The van der Waals surface area contributed by atoms with Crippen molar-refractivity contribution in [2.75, 3.05) is 20.2 Å². The third-order valence-corrected chi connectivity index (χ3v) is 3.92. The van der Waals surface area contributed by atoms with E-state index < -0.39 is 0 Å². The van der Waals surface area contributed by atoms with Crippen LogP contribution in [0.5, 0.6) is 5.75 Å². The maximum Gasteiger partial charge on any atom is 0.122 e. The van der Waals surface area contributed by atoms with Gasteiger partial charge in [-0.05, 0) is 36.1 Å². The second-order valence-corrected chi connectivity index (χ2v) is 5.60. The topological polar surface area (TPSA) is 21.3 Å². The molecule has 94 valence electrons. The third kappa shape index (κ3) is 2.32. The minimum absolute atomic E-state index is 0.288. The maximum absolute atomic E-state index is 5.44. The van der Waals surface area contributed by atoms with E-state index in [2.05, 4.69) is 44.3 Å². The smallest absolute Gasteiger partial charge is 0.122 e. The van der Waals surface area contributed by atoms with E-state index in [1.807, 2.05) is 0 Å². The lowest BCUT2D eigenvalue weighted by atomic mass is 9.80. The van der Waals surface area contributed by atoms with Gasteiger partial charge < -0.3 is 10.1 Å². The summed E-state index contributed by atoms with van der Waals surface area (Å²) < 4.78 is 5.44. The molecular formula is C15H23NO. The third-order valence-electron chi connectivity index (χ3n) is 3.92. The lowest BCUT2D eigenvalue weighted by molar-refractivity contribution is 0.406. The summed E-state index contributed by atoms with van der Waals surface area (Å²) in [6.45, 7) is 8.99. The van der Waals surface area contributed by atoms with Crippen molar-refractivity contribution in [2.24, 2.45) is 0 Å². The highest BCUT2D eigenvalue weighted by Gasteiger charge is 2.31. The molecule has 2 heteroatoms. The van der Waals surface area contributed by atoms with Gasteiger partial charge in [0.15, 0.2) is 0 Å². The largest absolute Gasteiger partial charge is 0.496 e. The molecule has 17 heavy (non-hydrogen) atoms. The van der Waals surface area contributed by atoms with E-state index in [1.165, 1.54) is 17.5 Å². The standard InChI is InChI=1S/C15H23NO/c1-11(2)13-9-12(5-6-14(13)17-4)15(3)7-8-16-10-15/h5-6,9,11,16H,7-8,10H2,1-4H3. The summed E-state index contributed by atoms with van der Waals surface area (Å²) in [5, 5.41) is 3.46. The van der Waals surface area contributed by atoms with E-state index in [9.17, 15) is 0 Å². The van der Waals surface area contributed by atoms with Crippen LogP contribution in [0.4, 0.5) is 0 Å². The molecule has 2 nitrogen and oxygen atoms in total. The van der Waals surface area contributed by atoms with Crippen LogP contribution in [0.2, 0.25) is 0 Å².